The van der Waals surface area contributed by atoms with E-state index in [0.29, 0.717) is 6.54 Å². The van der Waals surface area contributed by atoms with E-state index in [1.54, 1.807) is 30.2 Å². The Morgan fingerprint density at radius 2 is 2.25 bits per heavy atom. The molecule has 0 bridgehead atoms. The molecule has 0 aliphatic rings. The number of nitrogens with two attached hydrogens (primary N) is 1. The zero-order valence-electron chi connectivity index (χ0n) is 10.8. The monoisotopic (exact) mass is 298 g/mol. The molecule has 0 aliphatic carbocycles. The number of anilines is 1. The molecule has 6 nitrogen and oxygen atoms in total. The van der Waals surface area contributed by atoms with Gasteiger partial charge in [-0.1, -0.05) is 6.07 Å². The highest BCUT2D eigenvalue weighted by Gasteiger charge is 2.21. The Hall–Kier alpha value is -1.93. The van der Waals surface area contributed by atoms with E-state index in [9.17, 15) is 12.8 Å². The van der Waals surface area contributed by atoms with Crippen LogP contribution in [0.1, 0.15) is 6.92 Å². The van der Waals surface area contributed by atoms with Crippen LogP contribution in [-0.2, 0) is 16.6 Å². The maximum atomic E-state index is 13.3. The van der Waals surface area contributed by atoms with Gasteiger partial charge in [0.2, 0.25) is 10.0 Å². The maximum Gasteiger partial charge on any atom is 0.243 e. The summed E-state index contributed by atoms with van der Waals surface area (Å²) in [6.45, 7) is 2.11. The van der Waals surface area contributed by atoms with Crippen LogP contribution in [-0.4, -0.2) is 24.0 Å². The highest BCUT2D eigenvalue weighted by Crippen LogP contribution is 2.21. The number of hydrogen-bond acceptors (Lipinski definition) is 4. The van der Waals surface area contributed by atoms with Crippen molar-refractivity contribution in [2.75, 3.05) is 5.73 Å². The van der Waals surface area contributed by atoms with Crippen LogP contribution >= 0.6 is 0 Å². The first kappa shape index (κ1) is 14.5. The van der Waals surface area contributed by atoms with Crippen molar-refractivity contribution in [3.63, 3.8) is 0 Å². The highest BCUT2D eigenvalue weighted by atomic mass is 32.2. The Labute approximate surface area is 116 Å². The zero-order chi connectivity index (χ0) is 14.8. The number of nitrogen functional groups attached to an aromatic ring is 1. The topological polar surface area (TPSA) is 90.0 Å². The van der Waals surface area contributed by atoms with Gasteiger partial charge in [-0.25, -0.2) is 22.5 Å². The van der Waals surface area contributed by atoms with Crippen molar-refractivity contribution in [1.82, 2.24) is 14.3 Å². The number of nitrogens with one attached hydrogen (secondary N) is 1. The molecule has 1 unspecified atom stereocenters. The first-order valence-electron chi connectivity index (χ1n) is 5.92. The Bertz CT molecular complexity index is 685. The van der Waals surface area contributed by atoms with Crippen molar-refractivity contribution in [3.8, 4) is 0 Å². The molecular formula is C12H15FN4O2S. The van der Waals surface area contributed by atoms with Crippen molar-refractivity contribution in [3.05, 3.63) is 42.7 Å². The smallest absolute Gasteiger partial charge is 0.243 e. The van der Waals surface area contributed by atoms with Crippen LogP contribution in [0.4, 0.5) is 10.1 Å². The number of sulfonamides is 1. The quantitative estimate of drug-likeness (QED) is 0.805. The van der Waals surface area contributed by atoms with Crippen molar-refractivity contribution in [2.45, 2.75) is 24.4 Å². The molecule has 0 aliphatic heterocycles. The summed E-state index contributed by atoms with van der Waals surface area (Å²) in [7, 11) is -3.86. The van der Waals surface area contributed by atoms with Crippen LogP contribution in [0.2, 0.25) is 0 Å². The second kappa shape index (κ2) is 5.59. The van der Waals surface area contributed by atoms with Gasteiger partial charge < -0.3 is 10.3 Å². The van der Waals surface area contributed by atoms with E-state index in [4.69, 9.17) is 5.73 Å². The van der Waals surface area contributed by atoms with Gasteiger partial charge in [-0.15, -0.1) is 0 Å². The number of nitrogens with zero attached hydrogens (tertiary/aromatic N) is 2. The van der Waals surface area contributed by atoms with Gasteiger partial charge in [0.15, 0.2) is 0 Å². The van der Waals surface area contributed by atoms with E-state index in [1.165, 1.54) is 12.1 Å². The second-order valence-corrected chi connectivity index (χ2v) is 6.12. The van der Waals surface area contributed by atoms with E-state index in [2.05, 4.69) is 9.71 Å². The third-order valence-corrected chi connectivity index (χ3v) is 4.35. The van der Waals surface area contributed by atoms with Gasteiger partial charge in [-0.2, -0.15) is 0 Å². The average Bonchev–Trinajstić information content (AvgIpc) is 2.84. The molecule has 0 fully saturated rings. The third-order valence-electron chi connectivity index (χ3n) is 2.70. The Kier molecular flexibility index (Phi) is 4.05. The summed E-state index contributed by atoms with van der Waals surface area (Å²) in [5, 5.41) is 0. The fourth-order valence-electron chi connectivity index (χ4n) is 1.83. The number of hydrogen-bond donors (Lipinski definition) is 2. The molecule has 1 aromatic heterocycles. The molecular weight excluding hydrogens is 283 g/mol. The molecule has 20 heavy (non-hydrogen) atoms. The molecule has 1 heterocycles. The molecule has 108 valence electrons. The van der Waals surface area contributed by atoms with Crippen LogP contribution in [0, 0.1) is 5.82 Å². The van der Waals surface area contributed by atoms with E-state index in [-0.39, 0.29) is 10.6 Å². The van der Waals surface area contributed by atoms with Gasteiger partial charge in [0.05, 0.1) is 12.0 Å². The van der Waals surface area contributed by atoms with E-state index in [0.717, 1.165) is 6.07 Å². The fourth-order valence-corrected chi connectivity index (χ4v) is 3.20. The molecule has 1 aromatic carbocycles. The minimum absolute atomic E-state index is 0.255. The van der Waals surface area contributed by atoms with Crippen LogP contribution in [0.25, 0.3) is 0 Å². The minimum atomic E-state index is -3.86. The first-order chi connectivity index (χ1) is 9.40. The predicted octanol–water partition coefficient (Wildman–Crippen LogP) is 0.971. The summed E-state index contributed by atoms with van der Waals surface area (Å²) < 4.78 is 41.8. The fraction of sp³-hybridized carbons (Fsp3) is 0.250. The lowest BCUT2D eigenvalue weighted by Crippen LogP contribution is -2.35. The predicted molar refractivity (Wildman–Crippen MR) is 72.8 cm³/mol. The van der Waals surface area contributed by atoms with E-state index in [1.807, 2.05) is 0 Å². The number of para-hydroxylation sites is 1. The summed E-state index contributed by atoms with van der Waals surface area (Å²) in [6.07, 6.45) is 4.91. The molecule has 2 aromatic rings. The summed E-state index contributed by atoms with van der Waals surface area (Å²) in [6, 6.07) is 3.30. The largest absolute Gasteiger partial charge is 0.395 e. The van der Waals surface area contributed by atoms with Gasteiger partial charge >= 0.3 is 0 Å². The Morgan fingerprint density at radius 1 is 1.50 bits per heavy atom. The van der Waals surface area contributed by atoms with Crippen LogP contribution in [0.15, 0.2) is 41.8 Å². The van der Waals surface area contributed by atoms with Gasteiger partial charge in [0, 0.05) is 25.0 Å². The van der Waals surface area contributed by atoms with Gasteiger partial charge in [-0.05, 0) is 19.1 Å². The van der Waals surface area contributed by atoms with Gasteiger partial charge in [0.1, 0.15) is 10.7 Å². The van der Waals surface area contributed by atoms with Gasteiger partial charge in [0.25, 0.3) is 0 Å². The number of halogens is 1. The minimum Gasteiger partial charge on any atom is -0.395 e. The lowest BCUT2D eigenvalue weighted by molar-refractivity contribution is 0.520. The molecule has 0 amide bonds. The van der Waals surface area contributed by atoms with Crippen LogP contribution < -0.4 is 10.5 Å². The molecule has 8 heteroatoms. The zero-order valence-corrected chi connectivity index (χ0v) is 11.6. The lowest BCUT2D eigenvalue weighted by atomic mass is 10.3. The average molecular weight is 298 g/mol. The first-order valence-corrected chi connectivity index (χ1v) is 7.40. The number of imidazole rings is 1. The molecule has 3 N–H and O–H groups in total. The van der Waals surface area contributed by atoms with Gasteiger partial charge in [-0.3, -0.25) is 0 Å². The lowest BCUT2D eigenvalue weighted by Gasteiger charge is -2.15. The number of rotatable bonds is 5. The summed E-state index contributed by atoms with van der Waals surface area (Å²) in [5.41, 5.74) is 5.09. The van der Waals surface area contributed by atoms with Crippen molar-refractivity contribution >= 4 is 15.7 Å². The standard InChI is InChI=1S/C12H15FN4O2S/c1-9(7-17-6-5-15-8-17)16-20(18,19)11-4-2-3-10(13)12(11)14/h2-6,8-9,16H,7,14H2,1H3. The molecule has 0 saturated heterocycles. The second-order valence-electron chi connectivity index (χ2n) is 4.43. The Balaban J connectivity index is 2.16. The van der Waals surface area contributed by atoms with E-state index >= 15 is 0 Å². The number of benzene rings is 1. The Morgan fingerprint density at radius 3 is 2.90 bits per heavy atom. The molecule has 2 rings (SSSR count). The summed E-state index contributed by atoms with van der Waals surface area (Å²) in [5.74, 6) is -0.755. The van der Waals surface area contributed by atoms with Crippen LogP contribution in [0.3, 0.4) is 0 Å². The number of aromatic nitrogens is 2. The molecule has 1 atom stereocenters. The van der Waals surface area contributed by atoms with Crippen molar-refractivity contribution in [2.24, 2.45) is 0 Å². The van der Waals surface area contributed by atoms with Crippen LogP contribution in [0.5, 0.6) is 0 Å². The normalized spacial score (nSPS) is 13.3. The summed E-state index contributed by atoms with van der Waals surface area (Å²) in [4.78, 5) is 3.62. The summed E-state index contributed by atoms with van der Waals surface area (Å²) >= 11 is 0. The third kappa shape index (κ3) is 3.14. The maximum absolute atomic E-state index is 13.3. The molecule has 0 saturated carbocycles. The SMILES string of the molecule is CC(Cn1ccnc1)NS(=O)(=O)c1cccc(F)c1N. The van der Waals surface area contributed by atoms with Crippen molar-refractivity contribution in [1.29, 1.82) is 0 Å². The van der Waals surface area contributed by atoms with Crippen molar-refractivity contribution < 1.29 is 12.8 Å². The molecule has 0 spiro atoms. The van der Waals surface area contributed by atoms with E-state index < -0.39 is 21.9 Å². The molecule has 0 radical (unpaired) electrons. The highest BCUT2D eigenvalue weighted by molar-refractivity contribution is 7.89.